The summed E-state index contributed by atoms with van der Waals surface area (Å²) in [4.78, 5) is 22.3. The second-order valence-electron chi connectivity index (χ2n) is 3.91. The van der Waals surface area contributed by atoms with E-state index in [1.54, 1.807) is 6.92 Å². The maximum Gasteiger partial charge on any atom is 0.338 e. The van der Waals surface area contributed by atoms with Gasteiger partial charge in [0.25, 0.3) is 0 Å². The van der Waals surface area contributed by atoms with E-state index in [9.17, 15) is 24.9 Å². The van der Waals surface area contributed by atoms with Gasteiger partial charge in [-0.25, -0.2) is 4.79 Å². The van der Waals surface area contributed by atoms with Gasteiger partial charge in [0.15, 0.2) is 23.9 Å². The number of aldehydes is 1. The van der Waals surface area contributed by atoms with E-state index in [-0.39, 0.29) is 29.2 Å². The van der Waals surface area contributed by atoms with E-state index in [1.807, 2.05) is 0 Å². The molecule has 0 aliphatic heterocycles. The van der Waals surface area contributed by atoms with Gasteiger partial charge < -0.3 is 24.8 Å². The van der Waals surface area contributed by atoms with Crippen LogP contribution in [-0.4, -0.2) is 47.4 Å². The van der Waals surface area contributed by atoms with Crippen LogP contribution in [0, 0.1) is 0 Å². The van der Waals surface area contributed by atoms with E-state index in [1.165, 1.54) is 13.2 Å². The quantitative estimate of drug-likeness (QED) is 0.504. The molecule has 7 nitrogen and oxygen atoms in total. The Morgan fingerprint density at radius 2 is 2.05 bits per heavy atom. The van der Waals surface area contributed by atoms with E-state index >= 15 is 0 Å². The van der Waals surface area contributed by atoms with E-state index in [0.29, 0.717) is 6.29 Å². The van der Waals surface area contributed by atoms with Crippen LogP contribution in [0.25, 0.3) is 0 Å². The van der Waals surface area contributed by atoms with Gasteiger partial charge in [-0.15, -0.1) is 0 Å². The fourth-order valence-corrected chi connectivity index (χ4v) is 1.65. The molecule has 0 bridgehead atoms. The molecule has 0 aromatic heterocycles. The van der Waals surface area contributed by atoms with Crippen LogP contribution in [0.2, 0.25) is 0 Å². The number of aliphatic hydroxyl groups excluding tert-OH is 2. The number of esters is 1. The van der Waals surface area contributed by atoms with Crippen molar-refractivity contribution >= 4 is 12.3 Å². The normalized spacial score (nSPS) is 13.4. The van der Waals surface area contributed by atoms with Crippen molar-refractivity contribution in [3.8, 4) is 11.5 Å². The van der Waals surface area contributed by atoms with Crippen molar-refractivity contribution in [3.05, 3.63) is 23.3 Å². The number of methoxy groups -OCH3 is 1. The third-order valence-electron chi connectivity index (χ3n) is 2.66. The zero-order valence-electron chi connectivity index (χ0n) is 11.1. The Hall–Kier alpha value is -2.12. The summed E-state index contributed by atoms with van der Waals surface area (Å²) in [7, 11) is 1.29. The zero-order chi connectivity index (χ0) is 15.3. The lowest BCUT2D eigenvalue weighted by atomic mass is 9.98. The van der Waals surface area contributed by atoms with Crippen LogP contribution in [0.1, 0.15) is 28.9 Å². The second kappa shape index (κ2) is 6.88. The molecule has 1 aromatic rings. The van der Waals surface area contributed by atoms with Gasteiger partial charge in [0.05, 0.1) is 13.7 Å². The molecular weight excluding hydrogens is 268 g/mol. The maximum absolute atomic E-state index is 11.4. The minimum Gasteiger partial charge on any atom is -0.504 e. The van der Waals surface area contributed by atoms with Crippen LogP contribution in [0.3, 0.4) is 0 Å². The first kappa shape index (κ1) is 15.9. The molecule has 2 atom stereocenters. The molecule has 20 heavy (non-hydrogen) atoms. The topological polar surface area (TPSA) is 113 Å². The summed E-state index contributed by atoms with van der Waals surface area (Å²) in [5.41, 5.74) is -0.116. The number of phenolic OH excluding ortho intramolecular Hbond substituents is 1. The summed E-state index contributed by atoms with van der Waals surface area (Å²) in [5, 5.41) is 29.2. The summed E-state index contributed by atoms with van der Waals surface area (Å²) in [5.74, 6) is -1.30. The van der Waals surface area contributed by atoms with E-state index in [2.05, 4.69) is 4.74 Å². The number of rotatable bonds is 6. The molecule has 2 unspecified atom stereocenters. The molecular formula is C13H16O7. The molecule has 0 amide bonds. The van der Waals surface area contributed by atoms with Crippen LogP contribution in [0.5, 0.6) is 11.5 Å². The first-order valence-corrected chi connectivity index (χ1v) is 5.85. The number of hydrogen-bond acceptors (Lipinski definition) is 7. The molecule has 0 saturated heterocycles. The summed E-state index contributed by atoms with van der Waals surface area (Å²) in [6, 6.07) is 2.24. The molecule has 0 heterocycles. The smallest absolute Gasteiger partial charge is 0.338 e. The van der Waals surface area contributed by atoms with E-state index in [0.717, 1.165) is 6.07 Å². The number of hydrogen-bond donors (Lipinski definition) is 3. The van der Waals surface area contributed by atoms with Gasteiger partial charge in [-0.05, 0) is 24.6 Å². The predicted molar refractivity (Wildman–Crippen MR) is 67.6 cm³/mol. The zero-order valence-corrected chi connectivity index (χ0v) is 11.1. The number of ether oxygens (including phenoxy) is 2. The minimum absolute atomic E-state index is 0.000656. The summed E-state index contributed by atoms with van der Waals surface area (Å²) in [6.07, 6.45) is -3.14. The third-order valence-corrected chi connectivity index (χ3v) is 2.66. The highest BCUT2D eigenvalue weighted by Crippen LogP contribution is 2.32. The summed E-state index contributed by atoms with van der Waals surface area (Å²) >= 11 is 0. The van der Waals surface area contributed by atoms with Crippen molar-refractivity contribution in [1.29, 1.82) is 0 Å². The Labute approximate surface area is 115 Å². The van der Waals surface area contributed by atoms with Crippen molar-refractivity contribution in [1.82, 2.24) is 0 Å². The lowest BCUT2D eigenvalue weighted by Crippen LogP contribution is -2.30. The molecule has 0 spiro atoms. The highest BCUT2D eigenvalue weighted by molar-refractivity contribution is 5.81. The first-order valence-electron chi connectivity index (χ1n) is 5.85. The van der Waals surface area contributed by atoms with Crippen molar-refractivity contribution in [2.24, 2.45) is 0 Å². The average Bonchev–Trinajstić information content (AvgIpc) is 2.45. The monoisotopic (exact) mass is 284 g/mol. The Morgan fingerprint density at radius 3 is 2.55 bits per heavy atom. The van der Waals surface area contributed by atoms with Gasteiger partial charge in [-0.2, -0.15) is 0 Å². The lowest BCUT2D eigenvalue weighted by Gasteiger charge is -2.19. The van der Waals surface area contributed by atoms with Crippen molar-refractivity contribution in [2.75, 3.05) is 13.7 Å². The SMILES string of the molecule is CCOC(=O)C(O)C(O)c1cc(OC)c(O)cc1C=O. The van der Waals surface area contributed by atoms with Crippen molar-refractivity contribution in [3.63, 3.8) is 0 Å². The highest BCUT2D eigenvalue weighted by atomic mass is 16.5. The van der Waals surface area contributed by atoms with Crippen LogP contribution in [-0.2, 0) is 9.53 Å². The number of aliphatic hydroxyl groups is 2. The predicted octanol–water partition coefficient (Wildman–Crippen LogP) is 0.171. The largest absolute Gasteiger partial charge is 0.504 e. The van der Waals surface area contributed by atoms with Gasteiger partial charge in [-0.1, -0.05) is 0 Å². The molecule has 1 aromatic carbocycles. The number of carbonyl (C=O) groups is 2. The molecule has 110 valence electrons. The summed E-state index contributed by atoms with van der Waals surface area (Å²) in [6.45, 7) is 1.60. The molecule has 1 rings (SSSR count). The van der Waals surface area contributed by atoms with Crippen LogP contribution < -0.4 is 4.74 Å². The molecule has 0 aliphatic carbocycles. The van der Waals surface area contributed by atoms with Gasteiger partial charge >= 0.3 is 5.97 Å². The standard InChI is InChI=1S/C13H16O7/c1-3-20-13(18)12(17)11(16)8-5-10(19-2)9(15)4-7(8)6-14/h4-6,11-12,15-17H,3H2,1-2H3. The van der Waals surface area contributed by atoms with E-state index < -0.39 is 18.2 Å². The first-order chi connectivity index (χ1) is 9.46. The van der Waals surface area contributed by atoms with Gasteiger partial charge in [-0.3, -0.25) is 4.79 Å². The van der Waals surface area contributed by atoms with Crippen molar-refractivity contribution in [2.45, 2.75) is 19.1 Å². The fourth-order valence-electron chi connectivity index (χ4n) is 1.65. The molecule has 0 radical (unpaired) electrons. The van der Waals surface area contributed by atoms with Crippen LogP contribution >= 0.6 is 0 Å². The van der Waals surface area contributed by atoms with Gasteiger partial charge in [0.1, 0.15) is 6.10 Å². The molecule has 3 N–H and O–H groups in total. The Morgan fingerprint density at radius 1 is 1.40 bits per heavy atom. The Bertz CT molecular complexity index is 498. The number of benzene rings is 1. The number of phenols is 1. The Kier molecular flexibility index (Phi) is 5.48. The van der Waals surface area contributed by atoms with Gasteiger partial charge in [0.2, 0.25) is 0 Å². The fraction of sp³-hybridized carbons (Fsp3) is 0.385. The summed E-state index contributed by atoms with van der Waals surface area (Å²) < 4.78 is 9.43. The number of carbonyl (C=O) groups excluding carboxylic acids is 2. The average molecular weight is 284 g/mol. The van der Waals surface area contributed by atoms with Crippen molar-refractivity contribution < 1.29 is 34.4 Å². The number of aromatic hydroxyl groups is 1. The molecule has 0 saturated carbocycles. The molecule has 0 fully saturated rings. The minimum atomic E-state index is -1.84. The molecule has 7 heteroatoms. The third kappa shape index (κ3) is 3.25. The van der Waals surface area contributed by atoms with E-state index in [4.69, 9.17) is 4.74 Å². The highest BCUT2D eigenvalue weighted by Gasteiger charge is 2.29. The maximum atomic E-state index is 11.4. The molecule has 0 aliphatic rings. The second-order valence-corrected chi connectivity index (χ2v) is 3.91. The Balaban J connectivity index is 3.16. The van der Waals surface area contributed by atoms with Crippen LogP contribution in [0.15, 0.2) is 12.1 Å². The van der Waals surface area contributed by atoms with Gasteiger partial charge in [0, 0.05) is 5.56 Å². The van der Waals surface area contributed by atoms with Crippen LogP contribution in [0.4, 0.5) is 0 Å². The lowest BCUT2D eigenvalue weighted by molar-refractivity contribution is -0.159.